The molecule has 2 rings (SSSR count). The molecule has 0 aliphatic carbocycles. The maximum absolute atomic E-state index is 11.9. The minimum Gasteiger partial charge on any atom is -0.325 e. The van der Waals surface area contributed by atoms with Gasteiger partial charge in [0, 0.05) is 12.2 Å². The van der Waals surface area contributed by atoms with Crippen molar-refractivity contribution in [3.8, 4) is 0 Å². The first-order chi connectivity index (χ1) is 9.70. The van der Waals surface area contributed by atoms with Gasteiger partial charge in [0.1, 0.15) is 6.33 Å². The first-order valence-corrected chi connectivity index (χ1v) is 7.16. The lowest BCUT2D eigenvalue weighted by atomic mass is 10.2. The first-order valence-electron chi connectivity index (χ1n) is 6.17. The summed E-state index contributed by atoms with van der Waals surface area (Å²) in [5, 5.41) is 11.4. The molecule has 1 amide bonds. The van der Waals surface area contributed by atoms with Gasteiger partial charge in [-0.2, -0.15) is 0 Å². The third-order valence-corrected chi connectivity index (χ3v) is 3.64. The molecular formula is C14H16N4OS. The molecule has 1 N–H and O–H groups in total. The number of rotatable bonds is 6. The van der Waals surface area contributed by atoms with Crippen molar-refractivity contribution in [3.63, 3.8) is 0 Å². The third-order valence-electron chi connectivity index (χ3n) is 2.66. The Morgan fingerprint density at radius 3 is 3.05 bits per heavy atom. The van der Waals surface area contributed by atoms with Crippen molar-refractivity contribution in [2.75, 3.05) is 11.1 Å². The zero-order chi connectivity index (χ0) is 14.4. The molecule has 1 heterocycles. The quantitative estimate of drug-likeness (QED) is 0.655. The number of aryl methyl sites for hydroxylation is 1. The van der Waals surface area contributed by atoms with Crippen LogP contribution in [0.25, 0.3) is 0 Å². The van der Waals surface area contributed by atoms with Crippen molar-refractivity contribution in [2.24, 2.45) is 0 Å². The van der Waals surface area contributed by atoms with E-state index < -0.39 is 0 Å². The van der Waals surface area contributed by atoms with Crippen LogP contribution >= 0.6 is 11.8 Å². The van der Waals surface area contributed by atoms with E-state index in [9.17, 15) is 4.79 Å². The summed E-state index contributed by atoms with van der Waals surface area (Å²) in [6.07, 6.45) is 3.39. The Morgan fingerprint density at radius 1 is 1.50 bits per heavy atom. The number of nitrogens with one attached hydrogen (secondary N) is 1. The highest BCUT2D eigenvalue weighted by atomic mass is 32.2. The van der Waals surface area contributed by atoms with Gasteiger partial charge in [-0.25, -0.2) is 0 Å². The lowest BCUT2D eigenvalue weighted by Gasteiger charge is -2.07. The normalized spacial score (nSPS) is 10.2. The Morgan fingerprint density at radius 2 is 2.30 bits per heavy atom. The number of benzene rings is 1. The van der Waals surface area contributed by atoms with Gasteiger partial charge in [-0.3, -0.25) is 4.79 Å². The zero-order valence-electron chi connectivity index (χ0n) is 11.2. The monoisotopic (exact) mass is 288 g/mol. The number of amides is 1. The van der Waals surface area contributed by atoms with Gasteiger partial charge in [0.2, 0.25) is 5.91 Å². The van der Waals surface area contributed by atoms with Crippen LogP contribution < -0.4 is 5.32 Å². The molecule has 0 saturated heterocycles. The smallest absolute Gasteiger partial charge is 0.234 e. The fraction of sp³-hybridized carbons (Fsp3) is 0.214. The van der Waals surface area contributed by atoms with E-state index in [0.717, 1.165) is 11.3 Å². The van der Waals surface area contributed by atoms with E-state index in [-0.39, 0.29) is 5.91 Å². The van der Waals surface area contributed by atoms with Crippen molar-refractivity contribution in [3.05, 3.63) is 48.8 Å². The highest BCUT2D eigenvalue weighted by Crippen LogP contribution is 2.17. The highest BCUT2D eigenvalue weighted by Gasteiger charge is 2.09. The van der Waals surface area contributed by atoms with Gasteiger partial charge in [0.25, 0.3) is 0 Å². The molecule has 2 aromatic rings. The van der Waals surface area contributed by atoms with Gasteiger partial charge in [-0.1, -0.05) is 36.0 Å². The molecule has 1 aromatic carbocycles. The standard InChI is InChI=1S/C14H16N4OS/c1-3-8-18-10-15-17-14(18)20-9-13(19)16-12-7-5-4-6-11(12)2/h3-7,10H,1,8-9H2,2H3,(H,16,19). The Balaban J connectivity index is 1.91. The third kappa shape index (κ3) is 3.71. The van der Waals surface area contributed by atoms with Gasteiger partial charge in [0.15, 0.2) is 5.16 Å². The topological polar surface area (TPSA) is 59.8 Å². The maximum Gasteiger partial charge on any atom is 0.234 e. The van der Waals surface area contributed by atoms with Crippen LogP contribution in [0.5, 0.6) is 0 Å². The van der Waals surface area contributed by atoms with Crippen LogP contribution in [0.1, 0.15) is 5.56 Å². The fourth-order valence-electron chi connectivity index (χ4n) is 1.65. The number of allylic oxidation sites excluding steroid dienone is 1. The predicted octanol–water partition coefficient (Wildman–Crippen LogP) is 2.50. The Kier molecular flexibility index (Phi) is 4.95. The van der Waals surface area contributed by atoms with E-state index in [1.165, 1.54) is 11.8 Å². The SMILES string of the molecule is C=CCn1cnnc1SCC(=O)Nc1ccccc1C. The molecule has 0 saturated carbocycles. The summed E-state index contributed by atoms with van der Waals surface area (Å²) >= 11 is 1.36. The van der Waals surface area contributed by atoms with Crippen molar-refractivity contribution >= 4 is 23.4 Å². The van der Waals surface area contributed by atoms with Crippen LogP contribution in [0, 0.1) is 6.92 Å². The molecule has 5 nitrogen and oxygen atoms in total. The van der Waals surface area contributed by atoms with Crippen LogP contribution in [-0.4, -0.2) is 26.4 Å². The van der Waals surface area contributed by atoms with E-state index in [0.29, 0.717) is 17.5 Å². The van der Waals surface area contributed by atoms with E-state index in [1.54, 1.807) is 12.4 Å². The summed E-state index contributed by atoms with van der Waals surface area (Å²) in [5.41, 5.74) is 1.88. The average Bonchev–Trinajstić information content (AvgIpc) is 2.87. The molecule has 0 bridgehead atoms. The largest absolute Gasteiger partial charge is 0.325 e. The predicted molar refractivity (Wildman–Crippen MR) is 80.8 cm³/mol. The van der Waals surface area contributed by atoms with Gasteiger partial charge >= 0.3 is 0 Å². The molecule has 1 aromatic heterocycles. The summed E-state index contributed by atoms with van der Waals surface area (Å²) in [7, 11) is 0. The minimum absolute atomic E-state index is 0.0579. The van der Waals surface area contributed by atoms with E-state index >= 15 is 0 Å². The summed E-state index contributed by atoms with van der Waals surface area (Å²) in [6, 6.07) is 7.69. The summed E-state index contributed by atoms with van der Waals surface area (Å²) in [6.45, 7) is 6.27. The summed E-state index contributed by atoms with van der Waals surface area (Å²) in [4.78, 5) is 11.9. The van der Waals surface area contributed by atoms with Crippen molar-refractivity contribution < 1.29 is 4.79 Å². The number of carbonyl (C=O) groups excluding carboxylic acids is 1. The van der Waals surface area contributed by atoms with Gasteiger partial charge in [-0.05, 0) is 18.6 Å². The lowest BCUT2D eigenvalue weighted by Crippen LogP contribution is -2.15. The minimum atomic E-state index is -0.0579. The number of para-hydroxylation sites is 1. The van der Waals surface area contributed by atoms with Gasteiger partial charge in [0.05, 0.1) is 5.75 Å². The molecule has 6 heteroatoms. The Bertz CT molecular complexity index is 609. The van der Waals surface area contributed by atoms with Gasteiger partial charge in [-0.15, -0.1) is 16.8 Å². The second-order valence-electron chi connectivity index (χ2n) is 4.21. The average molecular weight is 288 g/mol. The number of anilines is 1. The molecule has 0 fully saturated rings. The van der Waals surface area contributed by atoms with Crippen LogP contribution in [0.15, 0.2) is 48.4 Å². The summed E-state index contributed by atoms with van der Waals surface area (Å²) in [5.74, 6) is 0.238. The number of nitrogens with zero attached hydrogens (tertiary/aromatic N) is 3. The number of hydrogen-bond donors (Lipinski definition) is 1. The molecule has 0 aliphatic rings. The van der Waals surface area contributed by atoms with E-state index in [1.807, 2.05) is 35.8 Å². The first kappa shape index (κ1) is 14.3. The van der Waals surface area contributed by atoms with Crippen molar-refractivity contribution in [2.45, 2.75) is 18.6 Å². The molecule has 0 unspecified atom stereocenters. The molecule has 0 spiro atoms. The molecular weight excluding hydrogens is 272 g/mol. The molecule has 0 atom stereocenters. The number of thioether (sulfide) groups is 1. The van der Waals surface area contributed by atoms with Crippen LogP contribution in [0.4, 0.5) is 5.69 Å². The molecule has 0 aliphatic heterocycles. The number of carbonyl (C=O) groups is 1. The van der Waals surface area contributed by atoms with Crippen molar-refractivity contribution in [1.82, 2.24) is 14.8 Å². The summed E-state index contributed by atoms with van der Waals surface area (Å²) < 4.78 is 1.85. The Hall–Kier alpha value is -2.08. The van der Waals surface area contributed by atoms with Crippen LogP contribution in [0.2, 0.25) is 0 Å². The van der Waals surface area contributed by atoms with Gasteiger partial charge < -0.3 is 9.88 Å². The maximum atomic E-state index is 11.9. The second-order valence-corrected chi connectivity index (χ2v) is 5.15. The lowest BCUT2D eigenvalue weighted by molar-refractivity contribution is -0.113. The van der Waals surface area contributed by atoms with Crippen LogP contribution in [0.3, 0.4) is 0 Å². The molecule has 104 valence electrons. The second kappa shape index (κ2) is 6.91. The molecule has 0 radical (unpaired) electrons. The van der Waals surface area contributed by atoms with E-state index in [4.69, 9.17) is 0 Å². The molecule has 20 heavy (non-hydrogen) atoms. The Labute approximate surface area is 122 Å². The number of aromatic nitrogens is 3. The fourth-order valence-corrected chi connectivity index (χ4v) is 2.37. The van der Waals surface area contributed by atoms with Crippen LogP contribution in [-0.2, 0) is 11.3 Å². The zero-order valence-corrected chi connectivity index (χ0v) is 12.1. The van der Waals surface area contributed by atoms with E-state index in [2.05, 4.69) is 22.1 Å². The van der Waals surface area contributed by atoms with Crippen molar-refractivity contribution in [1.29, 1.82) is 0 Å². The highest BCUT2D eigenvalue weighted by molar-refractivity contribution is 7.99. The number of hydrogen-bond acceptors (Lipinski definition) is 4.